The van der Waals surface area contributed by atoms with Crippen LogP contribution < -0.4 is 20.5 Å². The molecular formula is C13H19ClN2O3S. The van der Waals surface area contributed by atoms with Crippen LogP contribution in [0.2, 0.25) is 0 Å². The molecule has 1 heterocycles. The van der Waals surface area contributed by atoms with E-state index in [1.54, 1.807) is 11.8 Å². The largest absolute Gasteiger partial charge is 0.454 e. The zero-order valence-electron chi connectivity index (χ0n) is 11.3. The molecule has 112 valence electrons. The van der Waals surface area contributed by atoms with Gasteiger partial charge in [-0.1, -0.05) is 12.1 Å². The summed E-state index contributed by atoms with van der Waals surface area (Å²) >= 11 is 1.68. The van der Waals surface area contributed by atoms with Gasteiger partial charge in [0.25, 0.3) is 0 Å². The van der Waals surface area contributed by atoms with Crippen LogP contribution in [0.4, 0.5) is 0 Å². The minimum absolute atomic E-state index is 0. The van der Waals surface area contributed by atoms with E-state index >= 15 is 0 Å². The van der Waals surface area contributed by atoms with Crippen LogP contribution >= 0.6 is 24.2 Å². The highest BCUT2D eigenvalue weighted by atomic mass is 35.5. The SMILES string of the molecule is CSCC[C@H](N)C(=O)NCc1cccc2c1OCO2.Cl. The highest BCUT2D eigenvalue weighted by molar-refractivity contribution is 7.98. The average molecular weight is 319 g/mol. The Morgan fingerprint density at radius 1 is 1.50 bits per heavy atom. The minimum Gasteiger partial charge on any atom is -0.454 e. The van der Waals surface area contributed by atoms with Crippen molar-refractivity contribution in [2.24, 2.45) is 5.73 Å². The highest BCUT2D eigenvalue weighted by Crippen LogP contribution is 2.35. The van der Waals surface area contributed by atoms with E-state index in [0.29, 0.717) is 18.7 Å². The second-order valence-electron chi connectivity index (χ2n) is 4.26. The average Bonchev–Trinajstić information content (AvgIpc) is 2.90. The fourth-order valence-electron chi connectivity index (χ4n) is 1.82. The van der Waals surface area contributed by atoms with Crippen LogP contribution in [0.5, 0.6) is 11.5 Å². The predicted octanol–water partition coefficient (Wildman–Crippen LogP) is 1.53. The van der Waals surface area contributed by atoms with E-state index < -0.39 is 6.04 Å². The maximum Gasteiger partial charge on any atom is 0.237 e. The van der Waals surface area contributed by atoms with E-state index in [1.807, 2.05) is 24.5 Å². The van der Waals surface area contributed by atoms with Crippen molar-refractivity contribution in [2.75, 3.05) is 18.8 Å². The summed E-state index contributed by atoms with van der Waals surface area (Å²) in [7, 11) is 0. The summed E-state index contributed by atoms with van der Waals surface area (Å²) in [6, 6.07) is 5.17. The lowest BCUT2D eigenvalue weighted by atomic mass is 10.1. The molecule has 0 aromatic heterocycles. The molecule has 0 spiro atoms. The summed E-state index contributed by atoms with van der Waals surface area (Å²) in [5.41, 5.74) is 6.70. The number of amides is 1. The Hall–Kier alpha value is -1.11. The topological polar surface area (TPSA) is 73.6 Å². The predicted molar refractivity (Wildman–Crippen MR) is 82.6 cm³/mol. The Kier molecular flexibility index (Phi) is 6.98. The molecular weight excluding hydrogens is 300 g/mol. The molecule has 0 saturated carbocycles. The van der Waals surface area contributed by atoms with Crippen molar-refractivity contribution in [3.8, 4) is 11.5 Å². The number of para-hydroxylation sites is 1. The lowest BCUT2D eigenvalue weighted by Crippen LogP contribution is -2.40. The maximum atomic E-state index is 11.8. The van der Waals surface area contributed by atoms with Crippen molar-refractivity contribution in [3.05, 3.63) is 23.8 Å². The van der Waals surface area contributed by atoms with Crippen LogP contribution in [0.25, 0.3) is 0 Å². The molecule has 1 aromatic carbocycles. The molecule has 3 N–H and O–H groups in total. The van der Waals surface area contributed by atoms with E-state index in [-0.39, 0.29) is 25.1 Å². The summed E-state index contributed by atoms with van der Waals surface area (Å²) < 4.78 is 10.7. The summed E-state index contributed by atoms with van der Waals surface area (Å²) in [4.78, 5) is 11.8. The number of rotatable bonds is 6. The molecule has 20 heavy (non-hydrogen) atoms. The van der Waals surface area contributed by atoms with Gasteiger partial charge in [0.2, 0.25) is 12.7 Å². The number of benzene rings is 1. The Morgan fingerprint density at radius 2 is 2.30 bits per heavy atom. The third-order valence-corrected chi connectivity index (χ3v) is 3.54. The molecule has 1 aromatic rings. The molecule has 0 aliphatic carbocycles. The van der Waals surface area contributed by atoms with Crippen molar-refractivity contribution in [3.63, 3.8) is 0 Å². The van der Waals surface area contributed by atoms with Gasteiger partial charge in [0, 0.05) is 12.1 Å². The smallest absolute Gasteiger partial charge is 0.237 e. The number of nitrogens with two attached hydrogens (primary N) is 1. The van der Waals surface area contributed by atoms with Crippen LogP contribution in [0.1, 0.15) is 12.0 Å². The normalized spacial score (nSPS) is 13.5. The van der Waals surface area contributed by atoms with Gasteiger partial charge in [0.15, 0.2) is 11.5 Å². The van der Waals surface area contributed by atoms with Crippen LogP contribution in [0.15, 0.2) is 18.2 Å². The highest BCUT2D eigenvalue weighted by Gasteiger charge is 2.18. The quantitative estimate of drug-likeness (QED) is 0.832. The van der Waals surface area contributed by atoms with Gasteiger partial charge in [0.05, 0.1) is 6.04 Å². The lowest BCUT2D eigenvalue weighted by Gasteiger charge is -2.12. The third kappa shape index (κ3) is 4.19. The van der Waals surface area contributed by atoms with Crippen molar-refractivity contribution in [1.82, 2.24) is 5.32 Å². The lowest BCUT2D eigenvalue weighted by molar-refractivity contribution is -0.122. The molecule has 0 fully saturated rings. The fourth-order valence-corrected chi connectivity index (χ4v) is 2.31. The van der Waals surface area contributed by atoms with E-state index in [9.17, 15) is 4.79 Å². The number of hydrogen-bond acceptors (Lipinski definition) is 5. The second-order valence-corrected chi connectivity index (χ2v) is 5.24. The minimum atomic E-state index is -0.457. The van der Waals surface area contributed by atoms with Crippen LogP contribution in [-0.4, -0.2) is 30.8 Å². The zero-order chi connectivity index (χ0) is 13.7. The molecule has 0 radical (unpaired) electrons. The molecule has 0 bridgehead atoms. The van der Waals surface area contributed by atoms with Crippen LogP contribution in [0, 0.1) is 0 Å². The zero-order valence-corrected chi connectivity index (χ0v) is 12.9. The first-order valence-corrected chi connectivity index (χ1v) is 7.51. The molecule has 2 rings (SSSR count). The van der Waals surface area contributed by atoms with Gasteiger partial charge in [-0.05, 0) is 24.5 Å². The van der Waals surface area contributed by atoms with Crippen molar-refractivity contribution >= 4 is 30.1 Å². The molecule has 7 heteroatoms. The number of carbonyl (C=O) groups excluding carboxylic acids is 1. The van der Waals surface area contributed by atoms with E-state index in [2.05, 4.69) is 5.32 Å². The first kappa shape index (κ1) is 16.9. The molecule has 0 unspecified atom stereocenters. The van der Waals surface area contributed by atoms with E-state index in [0.717, 1.165) is 17.1 Å². The summed E-state index contributed by atoms with van der Waals surface area (Å²) in [6.07, 6.45) is 2.68. The number of hydrogen-bond donors (Lipinski definition) is 2. The van der Waals surface area contributed by atoms with Crippen molar-refractivity contribution in [2.45, 2.75) is 19.0 Å². The second kappa shape index (κ2) is 8.24. The van der Waals surface area contributed by atoms with Gasteiger partial charge < -0.3 is 20.5 Å². The van der Waals surface area contributed by atoms with E-state index in [1.165, 1.54) is 0 Å². The summed E-state index contributed by atoms with van der Waals surface area (Å²) in [5.74, 6) is 2.18. The number of ether oxygens (including phenoxy) is 2. The Labute approximate surface area is 129 Å². The first-order valence-electron chi connectivity index (χ1n) is 6.12. The van der Waals surface area contributed by atoms with Crippen molar-refractivity contribution in [1.29, 1.82) is 0 Å². The molecule has 1 atom stereocenters. The third-order valence-electron chi connectivity index (χ3n) is 2.90. The summed E-state index contributed by atoms with van der Waals surface area (Å²) in [5, 5.41) is 2.83. The standard InChI is InChI=1S/C13H18N2O3S.ClH/c1-19-6-5-10(14)13(16)15-7-9-3-2-4-11-12(9)18-8-17-11;/h2-4,10H,5-8,14H2,1H3,(H,15,16);1H/t10-;/m0./s1. The maximum absolute atomic E-state index is 11.8. The van der Waals surface area contributed by atoms with Gasteiger partial charge in [-0.3, -0.25) is 4.79 Å². The summed E-state index contributed by atoms with van der Waals surface area (Å²) in [6.45, 7) is 0.631. The Balaban J connectivity index is 0.00000200. The molecule has 1 aliphatic heterocycles. The Bertz CT molecular complexity index is 459. The monoisotopic (exact) mass is 318 g/mol. The molecule has 5 nitrogen and oxygen atoms in total. The number of fused-ring (bicyclic) bond motifs is 1. The van der Waals surface area contributed by atoms with E-state index in [4.69, 9.17) is 15.2 Å². The number of nitrogens with one attached hydrogen (secondary N) is 1. The van der Waals surface area contributed by atoms with Gasteiger partial charge in [-0.15, -0.1) is 12.4 Å². The van der Waals surface area contributed by atoms with Gasteiger partial charge in [-0.2, -0.15) is 11.8 Å². The van der Waals surface area contributed by atoms with Crippen LogP contribution in [-0.2, 0) is 11.3 Å². The van der Waals surface area contributed by atoms with Gasteiger partial charge in [0.1, 0.15) is 0 Å². The number of thioether (sulfide) groups is 1. The molecule has 1 aliphatic rings. The molecule has 0 saturated heterocycles. The molecule has 1 amide bonds. The first-order chi connectivity index (χ1) is 9.22. The number of halogens is 1. The van der Waals surface area contributed by atoms with Crippen LogP contribution in [0.3, 0.4) is 0 Å². The number of carbonyl (C=O) groups is 1. The fraction of sp³-hybridized carbons (Fsp3) is 0.462. The van der Waals surface area contributed by atoms with Gasteiger partial charge >= 0.3 is 0 Å². The Morgan fingerprint density at radius 3 is 3.05 bits per heavy atom. The van der Waals surface area contributed by atoms with Crippen molar-refractivity contribution < 1.29 is 14.3 Å². The van der Waals surface area contributed by atoms with Gasteiger partial charge in [-0.25, -0.2) is 0 Å².